The van der Waals surface area contributed by atoms with Crippen molar-refractivity contribution in [3.63, 3.8) is 0 Å². The van der Waals surface area contributed by atoms with Gasteiger partial charge in [-0.25, -0.2) is 0 Å². The summed E-state index contributed by atoms with van der Waals surface area (Å²) in [6.07, 6.45) is 1.51. The van der Waals surface area contributed by atoms with Crippen LogP contribution in [-0.2, 0) is 9.59 Å². The highest BCUT2D eigenvalue weighted by Gasteiger charge is 2.23. The Morgan fingerprint density at radius 1 is 0.654 bits per heavy atom. The van der Waals surface area contributed by atoms with E-state index >= 15 is 0 Å². The van der Waals surface area contributed by atoms with Crippen LogP contribution in [-0.4, -0.2) is 44.8 Å². The van der Waals surface area contributed by atoms with Gasteiger partial charge >= 0.3 is 0 Å². The number of ether oxygens (including phenoxy) is 3. The molecule has 0 saturated carbocycles. The Hall–Kier alpha value is -6.33. The lowest BCUT2D eigenvalue weighted by atomic mass is 10.1. The molecular weight excluding hydrogens is 679 g/mol. The van der Waals surface area contributed by atoms with Crippen LogP contribution in [0.1, 0.15) is 44.0 Å². The van der Waals surface area contributed by atoms with Crippen LogP contribution in [0.4, 0.5) is 11.4 Å². The van der Waals surface area contributed by atoms with Crippen LogP contribution >= 0.6 is 11.8 Å². The van der Waals surface area contributed by atoms with Crippen molar-refractivity contribution in [2.45, 2.75) is 17.1 Å². The first-order chi connectivity index (χ1) is 25.2. The topological polar surface area (TPSA) is 132 Å². The van der Waals surface area contributed by atoms with Gasteiger partial charge in [0.15, 0.2) is 17.3 Å². The number of anilines is 2. The van der Waals surface area contributed by atoms with E-state index < -0.39 is 17.1 Å². The van der Waals surface area contributed by atoms with Gasteiger partial charge in [-0.2, -0.15) is 0 Å². The molecule has 1 unspecified atom stereocenters. The van der Waals surface area contributed by atoms with Gasteiger partial charge in [0.05, 0.1) is 21.3 Å². The Balaban J connectivity index is 1.42. The normalized spacial score (nSPS) is 11.5. The number of rotatable bonds is 14. The summed E-state index contributed by atoms with van der Waals surface area (Å²) in [7, 11) is 4.46. The highest BCUT2D eigenvalue weighted by Crippen LogP contribution is 2.39. The van der Waals surface area contributed by atoms with Crippen LogP contribution in [0.3, 0.4) is 0 Å². The minimum Gasteiger partial charge on any atom is -0.493 e. The molecule has 11 heteroatoms. The number of ketones is 1. The number of hydrogen-bond donors (Lipinski definition) is 3. The minimum absolute atomic E-state index is 0.0430. The second-order valence-electron chi connectivity index (χ2n) is 11.4. The van der Waals surface area contributed by atoms with Gasteiger partial charge in [0.2, 0.25) is 11.7 Å². The monoisotopic (exact) mass is 715 g/mol. The average Bonchev–Trinajstić information content (AvgIpc) is 3.17. The largest absolute Gasteiger partial charge is 0.493 e. The summed E-state index contributed by atoms with van der Waals surface area (Å²) in [5.41, 5.74) is 3.15. The van der Waals surface area contributed by atoms with Gasteiger partial charge in [-0.3, -0.25) is 19.2 Å². The second kappa shape index (κ2) is 17.6. The third-order valence-corrected chi connectivity index (χ3v) is 9.02. The molecular formula is C41H37N3O7S. The van der Waals surface area contributed by atoms with Crippen molar-refractivity contribution in [1.82, 2.24) is 5.32 Å². The molecule has 0 aliphatic rings. The van der Waals surface area contributed by atoms with E-state index in [0.717, 1.165) is 5.56 Å². The first kappa shape index (κ1) is 36.9. The highest BCUT2D eigenvalue weighted by molar-refractivity contribution is 8.00. The molecule has 0 heterocycles. The molecule has 1 atom stereocenters. The summed E-state index contributed by atoms with van der Waals surface area (Å²) < 4.78 is 16.4. The van der Waals surface area contributed by atoms with Gasteiger partial charge in [-0.15, -0.1) is 11.8 Å². The van der Waals surface area contributed by atoms with Crippen molar-refractivity contribution >= 4 is 52.7 Å². The van der Waals surface area contributed by atoms with E-state index in [1.165, 1.54) is 46.1 Å². The Morgan fingerprint density at radius 2 is 1.29 bits per heavy atom. The van der Waals surface area contributed by atoms with Gasteiger partial charge in [0.1, 0.15) is 10.9 Å². The number of benzene rings is 5. The Labute approximate surface area is 306 Å². The fraction of sp³-hybridized carbons (Fsp3) is 0.122. The summed E-state index contributed by atoms with van der Waals surface area (Å²) in [5.74, 6) is -0.276. The summed E-state index contributed by atoms with van der Waals surface area (Å²) in [6.45, 7) is 1.49. The molecule has 0 spiro atoms. The molecule has 3 amide bonds. The molecule has 5 aromatic rings. The third kappa shape index (κ3) is 9.46. The molecule has 5 rings (SSSR count). The van der Waals surface area contributed by atoms with Crippen LogP contribution in [0, 0.1) is 0 Å². The summed E-state index contributed by atoms with van der Waals surface area (Å²) in [5, 5.41) is 7.93. The molecule has 0 fully saturated rings. The van der Waals surface area contributed by atoms with E-state index in [1.54, 1.807) is 84.9 Å². The Kier molecular flexibility index (Phi) is 12.5. The van der Waals surface area contributed by atoms with E-state index in [4.69, 9.17) is 14.2 Å². The molecule has 264 valence electrons. The van der Waals surface area contributed by atoms with E-state index in [1.807, 2.05) is 36.4 Å². The quantitative estimate of drug-likeness (QED) is 0.0603. The van der Waals surface area contributed by atoms with Gasteiger partial charge in [0, 0.05) is 27.4 Å². The molecule has 0 aromatic heterocycles. The lowest BCUT2D eigenvalue weighted by Crippen LogP contribution is -2.30. The molecule has 0 bridgehead atoms. The zero-order chi connectivity index (χ0) is 37.0. The van der Waals surface area contributed by atoms with E-state index in [-0.39, 0.29) is 17.4 Å². The number of carbonyl (C=O) groups is 4. The fourth-order valence-corrected chi connectivity index (χ4v) is 6.26. The number of methoxy groups -OCH3 is 3. The van der Waals surface area contributed by atoms with E-state index in [0.29, 0.717) is 50.2 Å². The molecule has 3 N–H and O–H groups in total. The zero-order valence-corrected chi connectivity index (χ0v) is 29.8. The molecule has 10 nitrogen and oxygen atoms in total. The molecule has 0 aliphatic heterocycles. The SMILES string of the molecule is COc1cc(/C=C(/NC(=O)c2ccccc2)C(=O)Nc2cccc(SC(C(=O)Nc3ccc(C(C)=O)cc3)c3ccccc3)c2)cc(OC)c1OC. The van der Waals surface area contributed by atoms with E-state index in [2.05, 4.69) is 16.0 Å². The van der Waals surface area contributed by atoms with Crippen LogP contribution in [0.15, 0.2) is 132 Å². The Morgan fingerprint density at radius 3 is 1.88 bits per heavy atom. The number of hydrogen-bond acceptors (Lipinski definition) is 8. The molecule has 0 aliphatic carbocycles. The standard InChI is InChI=1S/C41H37N3O7S/c1-26(45)28-18-20-31(21-19-28)42-41(48)38(29-12-7-5-8-13-29)52-33-17-11-16-32(25-33)43-40(47)34(44-39(46)30-14-9-6-10-15-30)22-27-23-35(49-2)37(51-4)36(24-27)50-3/h5-25,38H,1-4H3,(H,42,48)(H,43,47)(H,44,46)/b34-22+. The maximum atomic E-state index is 13.9. The van der Waals surface area contributed by atoms with Crippen molar-refractivity contribution in [2.24, 2.45) is 0 Å². The molecule has 0 radical (unpaired) electrons. The van der Waals surface area contributed by atoms with Crippen molar-refractivity contribution < 1.29 is 33.4 Å². The number of Topliss-reactive ketones (excluding diaryl/α,β-unsaturated/α-hetero) is 1. The molecule has 5 aromatic carbocycles. The Bertz CT molecular complexity index is 2060. The predicted molar refractivity (Wildman–Crippen MR) is 203 cm³/mol. The predicted octanol–water partition coefficient (Wildman–Crippen LogP) is 7.80. The first-order valence-corrected chi connectivity index (χ1v) is 17.0. The lowest BCUT2D eigenvalue weighted by molar-refractivity contribution is -0.116. The number of thioether (sulfide) groups is 1. The van der Waals surface area contributed by atoms with Gasteiger partial charge in [-0.05, 0) is 90.9 Å². The van der Waals surface area contributed by atoms with Crippen molar-refractivity contribution in [2.75, 3.05) is 32.0 Å². The lowest BCUT2D eigenvalue weighted by Gasteiger charge is -2.18. The zero-order valence-electron chi connectivity index (χ0n) is 29.0. The number of amides is 3. The number of nitrogens with one attached hydrogen (secondary N) is 3. The molecule has 52 heavy (non-hydrogen) atoms. The van der Waals surface area contributed by atoms with Crippen LogP contribution in [0.2, 0.25) is 0 Å². The van der Waals surface area contributed by atoms with Gasteiger partial charge in [0.25, 0.3) is 11.8 Å². The van der Waals surface area contributed by atoms with Gasteiger partial charge in [-0.1, -0.05) is 54.6 Å². The smallest absolute Gasteiger partial charge is 0.272 e. The number of carbonyl (C=O) groups excluding carboxylic acids is 4. The first-order valence-electron chi connectivity index (χ1n) is 16.1. The van der Waals surface area contributed by atoms with Crippen molar-refractivity contribution in [3.8, 4) is 17.2 Å². The van der Waals surface area contributed by atoms with Gasteiger partial charge < -0.3 is 30.2 Å². The maximum Gasteiger partial charge on any atom is 0.272 e. The van der Waals surface area contributed by atoms with Crippen molar-refractivity contribution in [3.05, 3.63) is 149 Å². The van der Waals surface area contributed by atoms with Crippen LogP contribution < -0.4 is 30.2 Å². The third-order valence-electron chi connectivity index (χ3n) is 7.77. The summed E-state index contributed by atoms with van der Waals surface area (Å²) in [6, 6.07) is 35.0. The van der Waals surface area contributed by atoms with Crippen LogP contribution in [0.25, 0.3) is 6.08 Å². The van der Waals surface area contributed by atoms with Crippen molar-refractivity contribution in [1.29, 1.82) is 0 Å². The van der Waals surface area contributed by atoms with Crippen LogP contribution in [0.5, 0.6) is 17.2 Å². The second-order valence-corrected chi connectivity index (χ2v) is 12.5. The summed E-state index contributed by atoms with van der Waals surface area (Å²) in [4.78, 5) is 53.2. The molecule has 0 saturated heterocycles. The fourth-order valence-electron chi connectivity index (χ4n) is 5.17. The minimum atomic E-state index is -0.653. The van der Waals surface area contributed by atoms with E-state index in [9.17, 15) is 19.2 Å². The maximum absolute atomic E-state index is 13.9. The average molecular weight is 716 g/mol. The highest BCUT2D eigenvalue weighted by atomic mass is 32.2. The summed E-state index contributed by atoms with van der Waals surface area (Å²) >= 11 is 1.31.